The van der Waals surface area contributed by atoms with Crippen molar-refractivity contribution in [1.82, 2.24) is 5.32 Å². The average Bonchev–Trinajstić information content (AvgIpc) is 2.84. The van der Waals surface area contributed by atoms with Gasteiger partial charge in [-0.1, -0.05) is 11.8 Å². The van der Waals surface area contributed by atoms with Gasteiger partial charge in [-0.25, -0.2) is 9.79 Å². The molecule has 0 radical (unpaired) electrons. The van der Waals surface area contributed by atoms with Crippen LogP contribution in [0.3, 0.4) is 0 Å². The fourth-order valence-electron chi connectivity index (χ4n) is 1.96. The topological polar surface area (TPSA) is 74.5 Å². The molecule has 0 fully saturated rings. The number of hydrogen-bond acceptors (Lipinski definition) is 6. The number of benzene rings is 1. The quantitative estimate of drug-likeness (QED) is 0.304. The molecule has 1 heterocycles. The smallest absolute Gasteiger partial charge is 0.348 e. The summed E-state index contributed by atoms with van der Waals surface area (Å²) < 4.78 is 6.09. The van der Waals surface area contributed by atoms with Crippen molar-refractivity contribution < 1.29 is 9.53 Å². The van der Waals surface area contributed by atoms with Gasteiger partial charge in [-0.15, -0.1) is 11.3 Å². The van der Waals surface area contributed by atoms with Gasteiger partial charge in [0.15, 0.2) is 11.4 Å². The molecule has 0 aliphatic rings. The highest BCUT2D eigenvalue weighted by Crippen LogP contribution is 2.34. The van der Waals surface area contributed by atoms with E-state index in [1.807, 2.05) is 37.6 Å². The van der Waals surface area contributed by atoms with Crippen LogP contribution in [0.25, 0.3) is 10.1 Å². The molecule has 0 saturated carbocycles. The number of carbonyl (C=O) groups is 1. The van der Waals surface area contributed by atoms with E-state index in [9.17, 15) is 4.79 Å². The van der Waals surface area contributed by atoms with Crippen LogP contribution in [0.15, 0.2) is 23.2 Å². The van der Waals surface area contributed by atoms with E-state index in [1.165, 1.54) is 23.1 Å². The molecule has 0 saturated heterocycles. The maximum Gasteiger partial charge on any atom is 0.348 e. The number of thiophene rings is 1. The number of aryl methyl sites for hydroxylation is 1. The van der Waals surface area contributed by atoms with Gasteiger partial charge in [0.1, 0.15) is 4.88 Å². The first-order valence-corrected chi connectivity index (χ1v) is 8.62. The lowest BCUT2D eigenvalue weighted by atomic mass is 10.1. The number of ether oxygens (including phenoxy) is 1. The predicted octanol–water partition coefficient (Wildman–Crippen LogP) is 3.81. The van der Waals surface area contributed by atoms with Gasteiger partial charge in [-0.3, -0.25) is 5.32 Å². The Bertz CT molecular complexity index is 775. The molecule has 0 spiro atoms. The number of aliphatic imine (C=N–C) groups is 1. The highest BCUT2D eigenvalue weighted by molar-refractivity contribution is 8.13. The normalized spacial score (nSPS) is 11.3. The molecule has 2 rings (SSSR count). The molecular weight excluding hydrogens is 318 g/mol. The van der Waals surface area contributed by atoms with E-state index >= 15 is 0 Å². The van der Waals surface area contributed by atoms with E-state index in [0.717, 1.165) is 21.3 Å². The summed E-state index contributed by atoms with van der Waals surface area (Å²) >= 11 is 2.78. The number of carbonyl (C=O) groups excluding carboxylic acids is 1. The number of nitrogens with zero attached hydrogens (tertiary/aromatic N) is 2. The molecular formula is C15H15N3O2S2. The third kappa shape index (κ3) is 3.40. The maximum absolute atomic E-state index is 11.9. The van der Waals surface area contributed by atoms with Crippen LogP contribution in [0.2, 0.25) is 0 Å². The molecule has 2 aromatic rings. The van der Waals surface area contributed by atoms with E-state index in [4.69, 9.17) is 10.00 Å². The number of thioether (sulfide) groups is 1. The largest absolute Gasteiger partial charge is 0.462 e. The monoisotopic (exact) mass is 333 g/mol. The molecule has 22 heavy (non-hydrogen) atoms. The van der Waals surface area contributed by atoms with Gasteiger partial charge in [0.25, 0.3) is 0 Å². The molecule has 0 amide bonds. The van der Waals surface area contributed by atoms with E-state index in [1.54, 1.807) is 6.92 Å². The van der Waals surface area contributed by atoms with E-state index < -0.39 is 0 Å². The van der Waals surface area contributed by atoms with Gasteiger partial charge in [0.2, 0.25) is 0 Å². The summed E-state index contributed by atoms with van der Waals surface area (Å²) in [4.78, 5) is 16.9. The zero-order valence-corrected chi connectivity index (χ0v) is 14.1. The molecule has 1 aromatic carbocycles. The summed E-state index contributed by atoms with van der Waals surface area (Å²) in [6, 6.07) is 5.71. The van der Waals surface area contributed by atoms with Crippen molar-refractivity contribution in [2.75, 3.05) is 12.9 Å². The Hall–Kier alpha value is -2.04. The van der Waals surface area contributed by atoms with Gasteiger partial charge in [0.05, 0.1) is 12.3 Å². The second kappa shape index (κ2) is 7.29. The lowest BCUT2D eigenvalue weighted by molar-refractivity contribution is 0.0531. The fourth-order valence-corrected chi connectivity index (χ4v) is 3.39. The summed E-state index contributed by atoms with van der Waals surface area (Å²) in [5, 5.41) is 12.7. The lowest BCUT2D eigenvalue weighted by Crippen LogP contribution is -2.12. The van der Waals surface area contributed by atoms with Crippen molar-refractivity contribution in [3.05, 3.63) is 28.6 Å². The van der Waals surface area contributed by atoms with Crippen molar-refractivity contribution in [1.29, 1.82) is 5.26 Å². The summed E-state index contributed by atoms with van der Waals surface area (Å²) in [5.74, 6) is -0.290. The Balaban J connectivity index is 2.45. The lowest BCUT2D eigenvalue weighted by Gasteiger charge is -2.01. The molecule has 0 aliphatic carbocycles. The van der Waals surface area contributed by atoms with E-state index in [0.29, 0.717) is 16.7 Å². The molecule has 5 nitrogen and oxygen atoms in total. The van der Waals surface area contributed by atoms with Crippen LogP contribution in [-0.2, 0) is 4.74 Å². The summed E-state index contributed by atoms with van der Waals surface area (Å²) in [6.07, 6.45) is 3.70. The van der Waals surface area contributed by atoms with Crippen LogP contribution in [0, 0.1) is 18.4 Å². The second-order valence-corrected chi connectivity index (χ2v) is 6.16. The highest BCUT2D eigenvalue weighted by Gasteiger charge is 2.16. The average molecular weight is 333 g/mol. The zero-order valence-electron chi connectivity index (χ0n) is 12.5. The standard InChI is InChI=1S/C15H15N3O2S2/c1-4-20-14(19)13-9(2)11-7-10(5-6-12(11)22-13)18-15(21-3)17-8-16/h5-7H,4H2,1-3H3,(H,17,18). The predicted molar refractivity (Wildman–Crippen MR) is 91.9 cm³/mol. The highest BCUT2D eigenvalue weighted by atomic mass is 32.2. The minimum Gasteiger partial charge on any atom is -0.462 e. The number of nitriles is 1. The van der Waals surface area contributed by atoms with Crippen LogP contribution in [0.4, 0.5) is 5.69 Å². The van der Waals surface area contributed by atoms with Gasteiger partial charge in [0, 0.05) is 4.70 Å². The van der Waals surface area contributed by atoms with E-state index in [-0.39, 0.29) is 5.97 Å². The van der Waals surface area contributed by atoms with Crippen LogP contribution in [-0.4, -0.2) is 24.0 Å². The minimum atomic E-state index is -0.290. The molecule has 114 valence electrons. The van der Waals surface area contributed by atoms with Crippen LogP contribution in [0.1, 0.15) is 22.2 Å². The van der Waals surface area contributed by atoms with E-state index in [2.05, 4.69) is 10.3 Å². The van der Waals surface area contributed by atoms with Crippen LogP contribution >= 0.6 is 23.1 Å². The Kier molecular flexibility index (Phi) is 5.41. The van der Waals surface area contributed by atoms with Crippen molar-refractivity contribution in [2.24, 2.45) is 4.99 Å². The van der Waals surface area contributed by atoms with Gasteiger partial charge in [-0.2, -0.15) is 5.26 Å². The first-order valence-electron chi connectivity index (χ1n) is 6.58. The maximum atomic E-state index is 11.9. The third-order valence-electron chi connectivity index (χ3n) is 2.97. The van der Waals surface area contributed by atoms with Crippen LogP contribution in [0.5, 0.6) is 0 Å². The summed E-state index contributed by atoms with van der Waals surface area (Å²) in [6.45, 7) is 4.06. The van der Waals surface area contributed by atoms with Crippen molar-refractivity contribution in [3.8, 4) is 6.19 Å². The number of hydrogen-bond donors (Lipinski definition) is 1. The zero-order chi connectivity index (χ0) is 16.1. The molecule has 7 heteroatoms. The number of amidine groups is 1. The van der Waals surface area contributed by atoms with Crippen LogP contribution < -0.4 is 5.32 Å². The van der Waals surface area contributed by atoms with Crippen molar-refractivity contribution in [3.63, 3.8) is 0 Å². The first kappa shape index (κ1) is 16.3. The molecule has 0 unspecified atom stereocenters. The second-order valence-electron chi connectivity index (χ2n) is 4.32. The van der Waals surface area contributed by atoms with Crippen molar-refractivity contribution in [2.45, 2.75) is 13.8 Å². The Morgan fingerprint density at radius 2 is 2.32 bits per heavy atom. The third-order valence-corrected chi connectivity index (χ3v) is 4.80. The molecule has 0 aliphatic heterocycles. The fraction of sp³-hybridized carbons (Fsp3) is 0.267. The summed E-state index contributed by atoms with van der Waals surface area (Å²) in [5.41, 5.74) is 1.63. The number of nitrogens with one attached hydrogen (secondary N) is 1. The number of esters is 1. The first-order chi connectivity index (χ1) is 10.6. The molecule has 1 aromatic heterocycles. The SMILES string of the molecule is CCOC(=O)c1sc2ccc(N=C(NC#N)SC)cc2c1C. The van der Waals surface area contributed by atoms with Gasteiger partial charge >= 0.3 is 5.97 Å². The molecule has 1 N–H and O–H groups in total. The van der Waals surface area contributed by atoms with Gasteiger partial charge in [-0.05, 0) is 49.3 Å². The number of rotatable bonds is 3. The Morgan fingerprint density at radius 3 is 2.95 bits per heavy atom. The Morgan fingerprint density at radius 1 is 1.55 bits per heavy atom. The van der Waals surface area contributed by atoms with Crippen molar-refractivity contribution >= 4 is 50.0 Å². The summed E-state index contributed by atoms with van der Waals surface area (Å²) in [7, 11) is 0. The Labute approximate surface area is 137 Å². The molecule has 0 bridgehead atoms. The van der Waals surface area contributed by atoms with Gasteiger partial charge < -0.3 is 4.74 Å². The minimum absolute atomic E-state index is 0.290. The molecule has 0 atom stereocenters. The number of fused-ring (bicyclic) bond motifs is 1.